The number of nitrogens with two attached hydrogens (primary N) is 1. The van der Waals surface area contributed by atoms with Crippen molar-refractivity contribution in [2.75, 3.05) is 22.2 Å². The molecule has 1 aromatic heterocycles. The molecule has 0 saturated heterocycles. The molecular formula is C12H12N6O. The molecule has 0 unspecified atom stereocenters. The summed E-state index contributed by atoms with van der Waals surface area (Å²) in [4.78, 5) is 21.7. The average Bonchev–Trinajstić information content (AvgIpc) is 2.46. The summed E-state index contributed by atoms with van der Waals surface area (Å²) in [6, 6.07) is 9.29. The van der Waals surface area contributed by atoms with Crippen molar-refractivity contribution in [3.8, 4) is 0 Å². The molecule has 19 heavy (non-hydrogen) atoms. The molecular weight excluding hydrogens is 244 g/mol. The van der Waals surface area contributed by atoms with Crippen LogP contribution in [0.5, 0.6) is 0 Å². The third kappa shape index (κ3) is 2.06. The third-order valence-corrected chi connectivity index (χ3v) is 2.82. The van der Waals surface area contributed by atoms with Crippen molar-refractivity contribution < 1.29 is 4.79 Å². The van der Waals surface area contributed by atoms with Gasteiger partial charge in [-0.25, -0.2) is 10.8 Å². The number of aromatic nitrogens is 2. The zero-order valence-electron chi connectivity index (χ0n) is 10.00. The van der Waals surface area contributed by atoms with E-state index in [4.69, 9.17) is 5.84 Å². The van der Waals surface area contributed by atoms with Gasteiger partial charge in [-0.1, -0.05) is 12.1 Å². The molecule has 0 radical (unpaired) electrons. The molecule has 0 saturated carbocycles. The van der Waals surface area contributed by atoms with Crippen molar-refractivity contribution in [3.05, 3.63) is 36.5 Å². The van der Waals surface area contributed by atoms with E-state index < -0.39 is 0 Å². The average molecular weight is 256 g/mol. The van der Waals surface area contributed by atoms with E-state index in [1.54, 1.807) is 12.3 Å². The number of anilines is 4. The lowest BCUT2D eigenvalue weighted by molar-refractivity contribution is -0.115. The van der Waals surface area contributed by atoms with Crippen LogP contribution in [0.2, 0.25) is 0 Å². The highest BCUT2D eigenvalue weighted by Crippen LogP contribution is 2.33. The van der Waals surface area contributed by atoms with Gasteiger partial charge >= 0.3 is 0 Å². The van der Waals surface area contributed by atoms with E-state index in [0.29, 0.717) is 11.8 Å². The third-order valence-electron chi connectivity index (χ3n) is 2.82. The summed E-state index contributed by atoms with van der Waals surface area (Å²) in [6.07, 6.45) is 1.59. The van der Waals surface area contributed by atoms with E-state index >= 15 is 0 Å². The second kappa shape index (κ2) is 4.54. The fourth-order valence-electron chi connectivity index (χ4n) is 2.01. The fourth-order valence-corrected chi connectivity index (χ4v) is 2.01. The molecule has 0 aliphatic carbocycles. The summed E-state index contributed by atoms with van der Waals surface area (Å²) in [5.74, 6) is 6.14. The summed E-state index contributed by atoms with van der Waals surface area (Å²) in [6.45, 7) is 0.206. The molecule has 1 aliphatic heterocycles. The number of nitrogens with one attached hydrogen (secondary N) is 2. The van der Waals surface area contributed by atoms with Crippen LogP contribution in [0, 0.1) is 0 Å². The summed E-state index contributed by atoms with van der Waals surface area (Å²) < 4.78 is 0. The van der Waals surface area contributed by atoms with Crippen LogP contribution in [0.1, 0.15) is 0 Å². The molecule has 1 aliphatic rings. The first kappa shape index (κ1) is 11.4. The molecule has 4 N–H and O–H groups in total. The van der Waals surface area contributed by atoms with Crippen LogP contribution in [0.4, 0.5) is 23.1 Å². The molecule has 2 heterocycles. The van der Waals surface area contributed by atoms with Gasteiger partial charge in [-0.2, -0.15) is 4.98 Å². The van der Waals surface area contributed by atoms with E-state index in [2.05, 4.69) is 20.7 Å². The van der Waals surface area contributed by atoms with E-state index in [9.17, 15) is 4.79 Å². The fraction of sp³-hybridized carbons (Fsp3) is 0.0833. The topological polar surface area (TPSA) is 96.2 Å². The predicted molar refractivity (Wildman–Crippen MR) is 71.9 cm³/mol. The van der Waals surface area contributed by atoms with Crippen molar-refractivity contribution in [2.24, 2.45) is 5.84 Å². The molecule has 7 heteroatoms. The Morgan fingerprint density at radius 3 is 3.00 bits per heavy atom. The summed E-state index contributed by atoms with van der Waals surface area (Å²) in [5.41, 5.74) is 4.05. The molecule has 1 amide bonds. The molecule has 0 atom stereocenters. The molecule has 0 bridgehead atoms. The van der Waals surface area contributed by atoms with Crippen LogP contribution in [0.3, 0.4) is 0 Å². The molecule has 7 nitrogen and oxygen atoms in total. The van der Waals surface area contributed by atoms with Crippen molar-refractivity contribution in [1.82, 2.24) is 9.97 Å². The second-order valence-corrected chi connectivity index (χ2v) is 4.03. The number of carbonyl (C=O) groups is 1. The summed E-state index contributed by atoms with van der Waals surface area (Å²) in [5, 5.41) is 2.82. The van der Waals surface area contributed by atoms with Crippen LogP contribution in [-0.4, -0.2) is 22.4 Å². The van der Waals surface area contributed by atoms with E-state index in [-0.39, 0.29) is 12.5 Å². The Hall–Kier alpha value is -2.67. The highest BCUT2D eigenvalue weighted by molar-refractivity contribution is 6.02. The number of para-hydroxylation sites is 2. The smallest absolute Gasteiger partial charge is 0.244 e. The van der Waals surface area contributed by atoms with Gasteiger partial charge in [0.15, 0.2) is 0 Å². The molecule has 2 aromatic rings. The van der Waals surface area contributed by atoms with Crippen LogP contribution in [-0.2, 0) is 4.79 Å². The lowest BCUT2D eigenvalue weighted by Crippen LogP contribution is -2.35. The van der Waals surface area contributed by atoms with Gasteiger partial charge in [0.2, 0.25) is 11.9 Å². The number of hydrazine groups is 1. The van der Waals surface area contributed by atoms with Crippen molar-refractivity contribution in [1.29, 1.82) is 0 Å². The number of nitrogen functional groups attached to an aromatic ring is 1. The minimum atomic E-state index is -0.0837. The Balaban J connectivity index is 2.07. The van der Waals surface area contributed by atoms with E-state index in [1.807, 2.05) is 29.2 Å². The number of nitrogens with zero attached hydrogens (tertiary/aromatic N) is 3. The Morgan fingerprint density at radius 2 is 2.16 bits per heavy atom. The van der Waals surface area contributed by atoms with Crippen LogP contribution in [0.25, 0.3) is 0 Å². The van der Waals surface area contributed by atoms with Crippen molar-refractivity contribution in [2.45, 2.75) is 0 Å². The normalized spacial score (nSPS) is 13.7. The molecule has 1 aromatic carbocycles. The SMILES string of the molecule is NNc1nccc(N2CC(=O)Nc3ccccc32)n1. The first-order valence-corrected chi connectivity index (χ1v) is 5.74. The lowest BCUT2D eigenvalue weighted by Gasteiger charge is -2.29. The molecule has 0 fully saturated rings. The van der Waals surface area contributed by atoms with Crippen LogP contribution < -0.4 is 21.5 Å². The van der Waals surface area contributed by atoms with Crippen LogP contribution >= 0.6 is 0 Å². The summed E-state index contributed by atoms with van der Waals surface area (Å²) in [7, 11) is 0. The second-order valence-electron chi connectivity index (χ2n) is 4.03. The zero-order valence-corrected chi connectivity index (χ0v) is 10.00. The highest BCUT2D eigenvalue weighted by Gasteiger charge is 2.23. The van der Waals surface area contributed by atoms with Gasteiger partial charge in [0.05, 0.1) is 11.4 Å². The van der Waals surface area contributed by atoms with E-state index in [1.165, 1.54) is 0 Å². The molecule has 3 rings (SSSR count). The number of hydrogen-bond donors (Lipinski definition) is 3. The Morgan fingerprint density at radius 1 is 1.32 bits per heavy atom. The van der Waals surface area contributed by atoms with Gasteiger partial charge < -0.3 is 10.2 Å². The number of hydrogen-bond acceptors (Lipinski definition) is 6. The number of rotatable bonds is 2. The van der Waals surface area contributed by atoms with Crippen molar-refractivity contribution in [3.63, 3.8) is 0 Å². The van der Waals surface area contributed by atoms with Gasteiger partial charge in [-0.3, -0.25) is 10.2 Å². The van der Waals surface area contributed by atoms with Gasteiger partial charge in [0, 0.05) is 6.20 Å². The largest absolute Gasteiger partial charge is 0.323 e. The van der Waals surface area contributed by atoms with Crippen LogP contribution in [0.15, 0.2) is 36.5 Å². The standard InChI is InChI=1S/C12H12N6O/c13-17-12-14-6-5-10(16-12)18-7-11(19)15-8-3-1-2-4-9(8)18/h1-6H,7,13H2,(H,15,19)(H,14,16,17). The Kier molecular flexibility index (Phi) is 2.73. The Labute approximate surface area is 109 Å². The van der Waals surface area contributed by atoms with Gasteiger partial charge in [0.1, 0.15) is 12.4 Å². The molecule has 96 valence electrons. The first-order valence-electron chi connectivity index (χ1n) is 5.74. The quantitative estimate of drug-likeness (QED) is 0.544. The monoisotopic (exact) mass is 256 g/mol. The maximum atomic E-state index is 11.7. The van der Waals surface area contributed by atoms with E-state index in [0.717, 1.165) is 11.4 Å². The Bertz CT molecular complexity index is 629. The minimum Gasteiger partial charge on any atom is -0.323 e. The predicted octanol–water partition coefficient (Wildman–Crippen LogP) is 0.852. The van der Waals surface area contributed by atoms with Gasteiger partial charge in [-0.05, 0) is 18.2 Å². The maximum Gasteiger partial charge on any atom is 0.244 e. The lowest BCUT2D eigenvalue weighted by atomic mass is 10.2. The van der Waals surface area contributed by atoms with Gasteiger partial charge in [0.25, 0.3) is 0 Å². The van der Waals surface area contributed by atoms with Gasteiger partial charge in [-0.15, -0.1) is 0 Å². The summed E-state index contributed by atoms with van der Waals surface area (Å²) >= 11 is 0. The highest BCUT2D eigenvalue weighted by atomic mass is 16.2. The number of fused-ring (bicyclic) bond motifs is 1. The van der Waals surface area contributed by atoms with Crippen molar-refractivity contribution >= 4 is 29.0 Å². The number of benzene rings is 1. The number of amides is 1. The maximum absolute atomic E-state index is 11.7. The minimum absolute atomic E-state index is 0.0837. The molecule has 0 spiro atoms. The zero-order chi connectivity index (χ0) is 13.2. The number of carbonyl (C=O) groups excluding carboxylic acids is 1. The first-order chi connectivity index (χ1) is 9.28.